The number of hydrogen-bond acceptors (Lipinski definition) is 13. The van der Waals surface area contributed by atoms with E-state index in [1.807, 2.05) is 0 Å². The van der Waals surface area contributed by atoms with Gasteiger partial charge >= 0.3 is 11.9 Å². The Balaban J connectivity index is 2.96. The zero-order valence-electron chi connectivity index (χ0n) is 38.6. The van der Waals surface area contributed by atoms with E-state index in [9.17, 15) is 63.3 Å². The molecule has 25 heteroatoms. The van der Waals surface area contributed by atoms with E-state index < -0.39 is 145 Å². The van der Waals surface area contributed by atoms with Crippen molar-refractivity contribution in [2.45, 2.75) is 116 Å². The molecule has 0 heterocycles. The number of nitrogens with two attached hydrogens (primary N) is 3. The number of carbonyl (C=O) groups excluding carboxylic acids is 8. The number of aliphatic hydroxyl groups excluding tert-OH is 1. The van der Waals surface area contributed by atoms with E-state index in [-0.39, 0.29) is 25.3 Å². The molecule has 0 radical (unpaired) electrons. The van der Waals surface area contributed by atoms with Gasteiger partial charge in [0.15, 0.2) is 5.96 Å². The van der Waals surface area contributed by atoms with E-state index >= 15 is 0 Å². The van der Waals surface area contributed by atoms with Crippen LogP contribution in [0.1, 0.15) is 72.8 Å². The van der Waals surface area contributed by atoms with E-state index in [0.717, 1.165) is 0 Å². The molecular weight excluding hydrogens is 881 g/mol. The van der Waals surface area contributed by atoms with Crippen LogP contribution in [0.25, 0.3) is 0 Å². The van der Waals surface area contributed by atoms with Gasteiger partial charge in [0.1, 0.15) is 36.3 Å². The molecule has 1 aromatic rings. The number of nitrogens with one attached hydrogen (secondary N) is 8. The third-order valence-electron chi connectivity index (χ3n) is 10.2. The molecule has 0 bridgehead atoms. The Morgan fingerprint density at radius 2 is 1.15 bits per heavy atom. The van der Waals surface area contributed by atoms with Gasteiger partial charge in [0.2, 0.25) is 47.3 Å². The summed E-state index contributed by atoms with van der Waals surface area (Å²) in [6, 6.07) is -1.02. The summed E-state index contributed by atoms with van der Waals surface area (Å²) in [6.07, 6.45) is 0.0181. The maximum Gasteiger partial charge on any atom is 0.326 e. The SMILES string of the molecule is CC[C@H](C)[C@H](NC(=O)[C@@H](N)CCCN=C(N)N)C(=O)NCC(=O)N[C@@H](CO)C(=O)NCC(=O)N[C@@H](CC(=O)O)C(=O)N[C@H](C(=O)N[C@@H](Cc1ccccc1)C(=O)N[C@H](C(=O)O)C(C)C)C(C)C. The third-order valence-corrected chi connectivity index (χ3v) is 10.2. The van der Waals surface area contributed by atoms with Gasteiger partial charge in [0.05, 0.1) is 32.2 Å². The van der Waals surface area contributed by atoms with Gasteiger partial charge in [0, 0.05) is 13.0 Å². The van der Waals surface area contributed by atoms with Gasteiger partial charge < -0.3 is 75.1 Å². The topological polar surface area (TPSA) is 418 Å². The van der Waals surface area contributed by atoms with Gasteiger partial charge in [0.25, 0.3) is 0 Å². The number of aliphatic imine (C=N–C) groups is 1. The molecule has 25 nitrogen and oxygen atoms in total. The highest BCUT2D eigenvalue weighted by Crippen LogP contribution is 2.11. The summed E-state index contributed by atoms with van der Waals surface area (Å²) in [5.74, 6) is -11.8. The Morgan fingerprint density at radius 3 is 1.66 bits per heavy atom. The maximum absolute atomic E-state index is 13.7. The minimum Gasteiger partial charge on any atom is -0.481 e. The zero-order valence-corrected chi connectivity index (χ0v) is 38.6. The lowest BCUT2D eigenvalue weighted by atomic mass is 9.97. The second-order valence-electron chi connectivity index (χ2n) is 16.4. The second-order valence-corrected chi connectivity index (χ2v) is 16.4. The van der Waals surface area contributed by atoms with Gasteiger partial charge in [-0.2, -0.15) is 0 Å². The first-order chi connectivity index (χ1) is 31.4. The zero-order chi connectivity index (χ0) is 51.0. The van der Waals surface area contributed by atoms with Crippen LogP contribution in [0.3, 0.4) is 0 Å². The minimum absolute atomic E-state index is 0.0657. The van der Waals surface area contributed by atoms with Crippen molar-refractivity contribution in [1.82, 2.24) is 42.5 Å². The van der Waals surface area contributed by atoms with E-state index in [1.165, 1.54) is 0 Å². The maximum atomic E-state index is 13.7. The number of guanidine groups is 1. The van der Waals surface area contributed by atoms with E-state index in [0.29, 0.717) is 18.4 Å². The lowest BCUT2D eigenvalue weighted by Crippen LogP contribution is -2.60. The molecule has 1 rings (SSSR count). The molecule has 0 saturated carbocycles. The average molecular weight is 949 g/mol. The molecule has 0 aliphatic rings. The molecule has 8 amide bonds. The molecule has 374 valence electrons. The van der Waals surface area contributed by atoms with Crippen LogP contribution < -0.4 is 59.7 Å². The normalized spacial score (nSPS) is 14.5. The third kappa shape index (κ3) is 21.8. The standard InChI is InChI=1S/C42H68N12O13/c1-7-23(6)34(54-35(60)25(43)14-11-15-46-42(44)45)39(64)48-19-30(57)50-28(20-55)36(61)47-18-29(56)49-27(17-31(58)59)38(63)52-32(21(2)3)40(65)51-26(16-24-12-9-8-10-13-24)37(62)53-33(22(4)5)41(66)67/h8-10,12-13,21-23,25-28,32-34,55H,7,11,14-20,43H2,1-6H3,(H,47,61)(H,48,64)(H,49,56)(H,50,57)(H,51,65)(H,52,63)(H,53,62)(H,54,60)(H,58,59)(H,66,67)(H4,44,45,46)/t23-,25-,26-,27-,28-,32-,33-,34-/m0/s1. The van der Waals surface area contributed by atoms with Gasteiger partial charge in [-0.25, -0.2) is 4.79 Å². The Hall–Kier alpha value is -6.89. The van der Waals surface area contributed by atoms with Crippen molar-refractivity contribution < 1.29 is 63.3 Å². The highest BCUT2D eigenvalue weighted by molar-refractivity contribution is 5.98. The number of nitrogens with zero attached hydrogens (tertiary/aromatic N) is 1. The average Bonchev–Trinajstić information content (AvgIpc) is 3.26. The van der Waals surface area contributed by atoms with Crippen LogP contribution in [0.2, 0.25) is 0 Å². The van der Waals surface area contributed by atoms with Crippen LogP contribution >= 0.6 is 0 Å². The number of carbonyl (C=O) groups is 10. The largest absolute Gasteiger partial charge is 0.481 e. The molecule has 0 spiro atoms. The Bertz CT molecular complexity index is 1900. The van der Waals surface area contributed by atoms with Crippen LogP contribution in [0.4, 0.5) is 0 Å². The van der Waals surface area contributed by atoms with Crippen molar-refractivity contribution in [3.05, 3.63) is 35.9 Å². The first-order valence-electron chi connectivity index (χ1n) is 21.7. The van der Waals surface area contributed by atoms with Gasteiger partial charge in [-0.15, -0.1) is 0 Å². The quantitative estimate of drug-likeness (QED) is 0.0197. The number of benzene rings is 1. The van der Waals surface area contributed by atoms with Crippen molar-refractivity contribution in [2.75, 3.05) is 26.2 Å². The lowest BCUT2D eigenvalue weighted by Gasteiger charge is -2.28. The first kappa shape index (κ1) is 58.1. The van der Waals surface area contributed by atoms with Crippen LogP contribution in [-0.2, 0) is 54.4 Å². The molecule has 0 aliphatic carbocycles. The highest BCUT2D eigenvalue weighted by Gasteiger charge is 2.35. The minimum atomic E-state index is -1.80. The molecule has 1 aromatic carbocycles. The van der Waals surface area contributed by atoms with E-state index in [4.69, 9.17) is 17.2 Å². The predicted molar refractivity (Wildman–Crippen MR) is 242 cm³/mol. The number of hydrogen-bond donors (Lipinski definition) is 14. The second kappa shape index (κ2) is 29.6. The summed E-state index contributed by atoms with van der Waals surface area (Å²) in [7, 11) is 0. The van der Waals surface area contributed by atoms with E-state index in [2.05, 4.69) is 47.5 Å². The van der Waals surface area contributed by atoms with Crippen molar-refractivity contribution in [3.63, 3.8) is 0 Å². The number of amides is 8. The van der Waals surface area contributed by atoms with Crippen molar-refractivity contribution in [2.24, 2.45) is 39.9 Å². The van der Waals surface area contributed by atoms with Gasteiger partial charge in [-0.1, -0.05) is 78.3 Å². The summed E-state index contributed by atoms with van der Waals surface area (Å²) in [6.45, 7) is 7.44. The van der Waals surface area contributed by atoms with Crippen LogP contribution in [0, 0.1) is 17.8 Å². The fraction of sp³-hybridized carbons (Fsp3) is 0.595. The summed E-state index contributed by atoms with van der Waals surface area (Å²) in [4.78, 5) is 132. The highest BCUT2D eigenvalue weighted by atomic mass is 16.4. The van der Waals surface area contributed by atoms with E-state index in [1.54, 1.807) is 71.9 Å². The lowest BCUT2D eigenvalue weighted by molar-refractivity contribution is -0.143. The molecule has 67 heavy (non-hydrogen) atoms. The monoisotopic (exact) mass is 949 g/mol. The number of aliphatic carboxylic acids is 2. The Morgan fingerprint density at radius 1 is 0.627 bits per heavy atom. The van der Waals surface area contributed by atoms with Crippen LogP contribution in [0.15, 0.2) is 35.3 Å². The predicted octanol–water partition coefficient (Wildman–Crippen LogP) is -4.34. The smallest absolute Gasteiger partial charge is 0.326 e. The summed E-state index contributed by atoms with van der Waals surface area (Å²) >= 11 is 0. The fourth-order valence-corrected chi connectivity index (χ4v) is 6.13. The number of rotatable bonds is 30. The Labute approximate surface area is 388 Å². The molecule has 17 N–H and O–H groups in total. The molecular formula is C42H68N12O13. The molecule has 0 fully saturated rings. The number of aliphatic hydroxyl groups is 1. The summed E-state index contributed by atoms with van der Waals surface area (Å²) in [5.41, 5.74) is 17.2. The number of carboxylic acid groups (broad SMARTS) is 2. The van der Waals surface area contributed by atoms with Gasteiger partial charge in [-0.05, 0) is 36.2 Å². The molecule has 0 saturated heterocycles. The van der Waals surface area contributed by atoms with Crippen molar-refractivity contribution in [1.29, 1.82) is 0 Å². The number of carboxylic acids is 2. The first-order valence-corrected chi connectivity index (χ1v) is 21.7. The molecule has 0 unspecified atom stereocenters. The van der Waals surface area contributed by atoms with Gasteiger partial charge in [-0.3, -0.25) is 48.1 Å². The molecule has 0 aromatic heterocycles. The van der Waals surface area contributed by atoms with Crippen LogP contribution in [-0.4, -0.2) is 149 Å². The molecule has 8 atom stereocenters. The summed E-state index contributed by atoms with van der Waals surface area (Å²) < 4.78 is 0. The summed E-state index contributed by atoms with van der Waals surface area (Å²) in [5, 5.41) is 47.8. The van der Waals surface area contributed by atoms with Crippen molar-refractivity contribution >= 4 is 65.2 Å². The Kier molecular flexibility index (Phi) is 25.7. The fourth-order valence-electron chi connectivity index (χ4n) is 6.13. The van der Waals surface area contributed by atoms with Crippen molar-refractivity contribution in [3.8, 4) is 0 Å². The van der Waals surface area contributed by atoms with Crippen LogP contribution in [0.5, 0.6) is 0 Å². The molecule has 0 aliphatic heterocycles.